The Labute approximate surface area is 182 Å². The van der Waals surface area contributed by atoms with Gasteiger partial charge in [-0.05, 0) is 37.1 Å². The molecule has 0 atom stereocenters. The van der Waals surface area contributed by atoms with Gasteiger partial charge in [0.05, 0.1) is 6.61 Å². The van der Waals surface area contributed by atoms with Gasteiger partial charge in [0, 0.05) is 26.7 Å². The maximum absolute atomic E-state index is 12.1. The lowest BCUT2D eigenvalue weighted by Crippen LogP contribution is -2.42. The normalized spacial score (nSPS) is 15.8. The third-order valence-electron chi connectivity index (χ3n) is 4.38. The average molecular weight is 514 g/mol. The minimum absolute atomic E-state index is 0. The highest BCUT2D eigenvalue weighted by Gasteiger charge is 2.27. The monoisotopic (exact) mass is 514 g/mol. The van der Waals surface area contributed by atoms with Crippen molar-refractivity contribution in [3.05, 3.63) is 35.4 Å². The van der Waals surface area contributed by atoms with Gasteiger partial charge in [-0.15, -0.1) is 24.0 Å². The van der Waals surface area contributed by atoms with Crippen LogP contribution in [0.1, 0.15) is 30.4 Å². The number of nitrogens with one attached hydrogen (secondary N) is 2. The van der Waals surface area contributed by atoms with Gasteiger partial charge in [-0.3, -0.25) is 4.99 Å². The Hall–Kier alpha value is -1.07. The van der Waals surface area contributed by atoms with E-state index in [0.29, 0.717) is 18.1 Å². The molecule has 1 saturated heterocycles. The molecule has 9 heteroatoms. The topological polar surface area (TPSA) is 48.9 Å². The summed E-state index contributed by atoms with van der Waals surface area (Å²) in [5, 5.41) is 6.53. The number of nitrogens with zero attached hydrogens (tertiary/aromatic N) is 2. The number of hydrogen-bond donors (Lipinski definition) is 2. The Morgan fingerprint density at radius 3 is 2.54 bits per heavy atom. The molecule has 0 amide bonds. The lowest BCUT2D eigenvalue weighted by molar-refractivity contribution is -0.176. The zero-order valence-electron chi connectivity index (χ0n) is 16.2. The molecule has 1 aromatic carbocycles. The number of ether oxygens (including phenoxy) is 1. The highest BCUT2D eigenvalue weighted by molar-refractivity contribution is 14.0. The van der Waals surface area contributed by atoms with Crippen molar-refractivity contribution < 1.29 is 17.9 Å². The van der Waals surface area contributed by atoms with E-state index in [1.165, 1.54) is 19.3 Å². The Kier molecular flexibility index (Phi) is 11.8. The summed E-state index contributed by atoms with van der Waals surface area (Å²) < 4.78 is 41.2. The number of halogens is 4. The summed E-state index contributed by atoms with van der Waals surface area (Å²) in [6.07, 6.45) is -0.426. The summed E-state index contributed by atoms with van der Waals surface area (Å²) >= 11 is 0. The van der Waals surface area contributed by atoms with E-state index in [-0.39, 0.29) is 30.6 Å². The molecule has 1 aliphatic rings. The van der Waals surface area contributed by atoms with E-state index in [1.807, 2.05) is 18.2 Å². The summed E-state index contributed by atoms with van der Waals surface area (Å²) in [6.45, 7) is 3.39. The molecule has 1 fully saturated rings. The zero-order chi connectivity index (χ0) is 19.5. The molecular weight excluding hydrogens is 484 g/mol. The van der Waals surface area contributed by atoms with E-state index < -0.39 is 12.8 Å². The highest BCUT2D eigenvalue weighted by Crippen LogP contribution is 2.16. The number of piperidine rings is 1. The van der Waals surface area contributed by atoms with Gasteiger partial charge in [0.1, 0.15) is 6.61 Å². The van der Waals surface area contributed by atoms with E-state index in [0.717, 1.165) is 31.7 Å². The van der Waals surface area contributed by atoms with Crippen LogP contribution in [0.5, 0.6) is 0 Å². The van der Waals surface area contributed by atoms with Crippen LogP contribution in [-0.4, -0.2) is 56.9 Å². The van der Waals surface area contributed by atoms with Crippen molar-refractivity contribution in [3.63, 3.8) is 0 Å². The quantitative estimate of drug-likeness (QED) is 0.317. The molecule has 0 radical (unpaired) electrons. The molecule has 0 aromatic heterocycles. The molecule has 2 N–H and O–H groups in total. The predicted molar refractivity (Wildman–Crippen MR) is 116 cm³/mol. The molecule has 0 bridgehead atoms. The first-order valence-corrected chi connectivity index (χ1v) is 9.35. The van der Waals surface area contributed by atoms with Gasteiger partial charge in [0.25, 0.3) is 0 Å². The van der Waals surface area contributed by atoms with Crippen molar-refractivity contribution >= 4 is 29.9 Å². The van der Waals surface area contributed by atoms with Gasteiger partial charge in [-0.2, -0.15) is 13.2 Å². The second-order valence-corrected chi connectivity index (χ2v) is 6.68. The van der Waals surface area contributed by atoms with Gasteiger partial charge >= 0.3 is 6.18 Å². The number of alkyl halides is 3. The largest absolute Gasteiger partial charge is 0.411 e. The lowest BCUT2D eigenvalue weighted by Gasteiger charge is -2.26. The molecular formula is C19H30F3IN4O. The van der Waals surface area contributed by atoms with Gasteiger partial charge in [-0.25, -0.2) is 0 Å². The van der Waals surface area contributed by atoms with Crippen molar-refractivity contribution in [3.8, 4) is 0 Å². The highest BCUT2D eigenvalue weighted by atomic mass is 127. The van der Waals surface area contributed by atoms with Crippen LogP contribution in [0.4, 0.5) is 13.2 Å². The standard InChI is InChI=1S/C19H29F3N4O.HI/c1-23-18(24-8-11-26-9-3-2-4-10-26)25-13-16-6-5-7-17(12-16)14-27-15-19(20,21)22;/h5-7,12H,2-4,8-11,13-15H2,1H3,(H2,23,24,25);1H. The first kappa shape index (κ1) is 25.0. The molecule has 1 aromatic rings. The summed E-state index contributed by atoms with van der Waals surface area (Å²) in [4.78, 5) is 6.66. The molecule has 28 heavy (non-hydrogen) atoms. The summed E-state index contributed by atoms with van der Waals surface area (Å²) in [5.41, 5.74) is 1.67. The SMILES string of the molecule is CN=C(NCCN1CCCCC1)NCc1cccc(COCC(F)(F)F)c1.I. The van der Waals surface area contributed by atoms with E-state index in [2.05, 4.69) is 20.5 Å². The molecule has 0 unspecified atom stereocenters. The molecule has 5 nitrogen and oxygen atoms in total. The number of guanidine groups is 1. The van der Waals surface area contributed by atoms with E-state index in [9.17, 15) is 13.2 Å². The molecule has 1 heterocycles. The molecule has 0 aliphatic carbocycles. The molecule has 2 rings (SSSR count). The Balaban J connectivity index is 0.00000392. The predicted octanol–water partition coefficient (Wildman–Crippen LogP) is 3.53. The molecule has 160 valence electrons. The maximum Gasteiger partial charge on any atom is 0.411 e. The fraction of sp³-hybridized carbons (Fsp3) is 0.632. The second kappa shape index (κ2) is 13.2. The van der Waals surface area contributed by atoms with Crippen LogP contribution >= 0.6 is 24.0 Å². The maximum atomic E-state index is 12.1. The first-order chi connectivity index (χ1) is 13.0. The molecule has 1 aliphatic heterocycles. The van der Waals surface area contributed by atoms with Crippen LogP contribution in [0, 0.1) is 0 Å². The number of hydrogen-bond acceptors (Lipinski definition) is 3. The van der Waals surface area contributed by atoms with Crippen molar-refractivity contribution in [2.45, 2.75) is 38.6 Å². The summed E-state index contributed by atoms with van der Waals surface area (Å²) in [7, 11) is 1.72. The summed E-state index contributed by atoms with van der Waals surface area (Å²) in [6, 6.07) is 7.33. The minimum Gasteiger partial charge on any atom is -0.367 e. The number of benzene rings is 1. The van der Waals surface area contributed by atoms with Crippen molar-refractivity contribution in [2.24, 2.45) is 4.99 Å². The van der Waals surface area contributed by atoms with E-state index in [1.54, 1.807) is 13.1 Å². The van der Waals surface area contributed by atoms with E-state index in [4.69, 9.17) is 4.74 Å². The average Bonchev–Trinajstić information content (AvgIpc) is 2.65. The van der Waals surface area contributed by atoms with Crippen molar-refractivity contribution in [1.29, 1.82) is 0 Å². The number of likely N-dealkylation sites (tertiary alicyclic amines) is 1. The van der Waals surface area contributed by atoms with Crippen LogP contribution in [0.3, 0.4) is 0 Å². The fourth-order valence-corrected chi connectivity index (χ4v) is 3.04. The van der Waals surface area contributed by atoms with Gasteiger partial charge in [0.2, 0.25) is 0 Å². The summed E-state index contributed by atoms with van der Waals surface area (Å²) in [5.74, 6) is 0.714. The van der Waals surface area contributed by atoms with Crippen LogP contribution < -0.4 is 10.6 Å². The Bertz CT molecular complexity index is 593. The smallest absolute Gasteiger partial charge is 0.367 e. The lowest BCUT2D eigenvalue weighted by atomic mass is 10.1. The van der Waals surface area contributed by atoms with E-state index >= 15 is 0 Å². The third kappa shape index (κ3) is 10.5. The second-order valence-electron chi connectivity index (χ2n) is 6.68. The van der Waals surface area contributed by atoms with Gasteiger partial charge in [-0.1, -0.05) is 30.7 Å². The number of rotatable bonds is 8. The van der Waals surface area contributed by atoms with Gasteiger partial charge < -0.3 is 20.3 Å². The zero-order valence-corrected chi connectivity index (χ0v) is 18.6. The Morgan fingerprint density at radius 1 is 1.14 bits per heavy atom. The van der Waals surface area contributed by atoms with Crippen molar-refractivity contribution in [1.82, 2.24) is 15.5 Å². The minimum atomic E-state index is -4.30. The first-order valence-electron chi connectivity index (χ1n) is 9.35. The molecule has 0 spiro atoms. The van der Waals surface area contributed by atoms with Crippen LogP contribution in [0.2, 0.25) is 0 Å². The van der Waals surface area contributed by atoms with Crippen LogP contribution in [0.25, 0.3) is 0 Å². The molecule has 0 saturated carbocycles. The van der Waals surface area contributed by atoms with Crippen molar-refractivity contribution in [2.75, 3.05) is 39.8 Å². The Morgan fingerprint density at radius 2 is 1.86 bits per heavy atom. The number of aliphatic imine (C=N–C) groups is 1. The van der Waals surface area contributed by atoms with Crippen LogP contribution in [-0.2, 0) is 17.9 Å². The van der Waals surface area contributed by atoms with Gasteiger partial charge in [0.15, 0.2) is 5.96 Å². The third-order valence-corrected chi connectivity index (χ3v) is 4.38. The van der Waals surface area contributed by atoms with Crippen LogP contribution in [0.15, 0.2) is 29.3 Å². The fourth-order valence-electron chi connectivity index (χ4n) is 3.04.